The van der Waals surface area contributed by atoms with Gasteiger partial charge in [-0.1, -0.05) is 0 Å². The summed E-state index contributed by atoms with van der Waals surface area (Å²) in [6, 6.07) is -0.806. The summed E-state index contributed by atoms with van der Waals surface area (Å²) in [5, 5.41) is 2.58. The van der Waals surface area contributed by atoms with E-state index in [1.807, 2.05) is 0 Å². The van der Waals surface area contributed by atoms with E-state index in [4.69, 9.17) is 0 Å². The average Bonchev–Trinajstić information content (AvgIpc) is 2.09. The molecule has 0 aromatic carbocycles. The Labute approximate surface area is 107 Å². The first-order valence-corrected chi connectivity index (χ1v) is 5.73. The van der Waals surface area contributed by atoms with Gasteiger partial charge in [0.05, 0.1) is 11.9 Å². The van der Waals surface area contributed by atoms with Crippen molar-refractivity contribution in [3.8, 4) is 0 Å². The molecular formula is C10H19NO3S2. The molecule has 0 rings (SSSR count). The lowest BCUT2D eigenvalue weighted by molar-refractivity contribution is -0.146. The molecule has 1 atom stereocenters. The summed E-state index contributed by atoms with van der Waals surface area (Å²) < 4.78 is 3.06. The predicted molar refractivity (Wildman–Crippen MR) is 70.1 cm³/mol. The Kier molecular flexibility index (Phi) is 5.19. The Morgan fingerprint density at radius 3 is 1.88 bits per heavy atom. The third-order valence-electron chi connectivity index (χ3n) is 1.97. The standard InChI is InChI=1S/C10H19NO3S2/c1-9(2,15)6(7(12)14-5)11-8(13)10(3,4)16/h6,15-16H,1-5H3,(H,11,13). The molecule has 0 radical (unpaired) electrons. The largest absolute Gasteiger partial charge is 0.467 e. The smallest absolute Gasteiger partial charge is 0.329 e. The number of nitrogens with one attached hydrogen (secondary N) is 1. The highest BCUT2D eigenvalue weighted by molar-refractivity contribution is 7.82. The maximum absolute atomic E-state index is 11.7. The maximum Gasteiger partial charge on any atom is 0.329 e. The first-order valence-electron chi connectivity index (χ1n) is 4.83. The van der Waals surface area contributed by atoms with Gasteiger partial charge in [0.15, 0.2) is 0 Å². The van der Waals surface area contributed by atoms with E-state index < -0.39 is 21.5 Å². The van der Waals surface area contributed by atoms with E-state index in [1.165, 1.54) is 7.11 Å². The van der Waals surface area contributed by atoms with Crippen LogP contribution in [0.1, 0.15) is 27.7 Å². The quantitative estimate of drug-likeness (QED) is 0.526. The minimum absolute atomic E-state index is 0.339. The van der Waals surface area contributed by atoms with Crippen LogP contribution in [0.25, 0.3) is 0 Å². The van der Waals surface area contributed by atoms with Crippen LogP contribution in [0.15, 0.2) is 0 Å². The zero-order valence-corrected chi connectivity index (χ0v) is 12.0. The van der Waals surface area contributed by atoms with Crippen LogP contribution in [0.4, 0.5) is 0 Å². The Balaban J connectivity index is 4.84. The minimum Gasteiger partial charge on any atom is -0.467 e. The third-order valence-corrected chi connectivity index (χ3v) is 2.44. The zero-order chi connectivity index (χ0) is 13.1. The monoisotopic (exact) mass is 265 g/mol. The van der Waals surface area contributed by atoms with Crippen LogP contribution >= 0.6 is 25.3 Å². The molecule has 0 aromatic rings. The number of hydrogen-bond acceptors (Lipinski definition) is 5. The lowest BCUT2D eigenvalue weighted by Gasteiger charge is -2.30. The first-order chi connectivity index (χ1) is 7.00. The van der Waals surface area contributed by atoms with Crippen molar-refractivity contribution in [1.29, 1.82) is 0 Å². The number of rotatable bonds is 4. The topological polar surface area (TPSA) is 55.4 Å². The molecule has 1 unspecified atom stereocenters. The average molecular weight is 265 g/mol. The maximum atomic E-state index is 11.7. The summed E-state index contributed by atoms with van der Waals surface area (Å²) >= 11 is 8.40. The molecule has 0 fully saturated rings. The van der Waals surface area contributed by atoms with Gasteiger partial charge in [-0.05, 0) is 27.7 Å². The molecule has 0 aliphatic carbocycles. The summed E-state index contributed by atoms with van der Waals surface area (Å²) in [5.74, 6) is -0.862. The molecular weight excluding hydrogens is 246 g/mol. The number of ether oxygens (including phenoxy) is 1. The Morgan fingerprint density at radius 1 is 1.19 bits per heavy atom. The van der Waals surface area contributed by atoms with Crippen molar-refractivity contribution >= 4 is 37.1 Å². The highest BCUT2D eigenvalue weighted by Gasteiger charge is 2.37. The number of hydrogen-bond donors (Lipinski definition) is 3. The van der Waals surface area contributed by atoms with E-state index in [2.05, 4.69) is 35.3 Å². The lowest BCUT2D eigenvalue weighted by atomic mass is 10.0. The molecule has 16 heavy (non-hydrogen) atoms. The van der Waals surface area contributed by atoms with Crippen LogP contribution < -0.4 is 5.32 Å². The van der Waals surface area contributed by atoms with Gasteiger partial charge in [0.1, 0.15) is 6.04 Å². The number of methoxy groups -OCH3 is 1. The fourth-order valence-electron chi connectivity index (χ4n) is 0.950. The summed E-state index contributed by atoms with van der Waals surface area (Å²) in [7, 11) is 1.27. The SMILES string of the molecule is COC(=O)C(NC(=O)C(C)(C)S)C(C)(C)S. The second kappa shape index (κ2) is 5.31. The highest BCUT2D eigenvalue weighted by atomic mass is 32.1. The Hall–Kier alpha value is -0.360. The third kappa shape index (κ3) is 4.65. The van der Waals surface area contributed by atoms with Crippen molar-refractivity contribution in [1.82, 2.24) is 5.32 Å². The molecule has 4 nitrogen and oxygen atoms in total. The van der Waals surface area contributed by atoms with Crippen LogP contribution in [0, 0.1) is 0 Å². The molecule has 1 N–H and O–H groups in total. The minimum atomic E-state index is -0.856. The van der Waals surface area contributed by atoms with Gasteiger partial charge in [0.2, 0.25) is 5.91 Å². The van der Waals surface area contributed by atoms with Gasteiger partial charge >= 0.3 is 5.97 Å². The summed E-state index contributed by atoms with van der Waals surface area (Å²) in [6.07, 6.45) is 0. The van der Waals surface area contributed by atoms with E-state index in [1.54, 1.807) is 27.7 Å². The number of thiol groups is 2. The van der Waals surface area contributed by atoms with Gasteiger partial charge in [0, 0.05) is 4.75 Å². The van der Waals surface area contributed by atoms with Crippen molar-refractivity contribution in [2.75, 3.05) is 7.11 Å². The molecule has 0 saturated heterocycles. The van der Waals surface area contributed by atoms with Gasteiger partial charge in [-0.25, -0.2) is 4.79 Å². The molecule has 94 valence electrons. The van der Waals surface area contributed by atoms with Gasteiger partial charge in [-0.3, -0.25) is 4.79 Å². The van der Waals surface area contributed by atoms with Crippen LogP contribution in [0.2, 0.25) is 0 Å². The van der Waals surface area contributed by atoms with Crippen LogP contribution in [-0.2, 0) is 14.3 Å². The van der Waals surface area contributed by atoms with E-state index in [-0.39, 0.29) is 5.91 Å². The lowest BCUT2D eigenvalue weighted by Crippen LogP contribution is -2.55. The number of carbonyl (C=O) groups is 2. The fraction of sp³-hybridized carbons (Fsp3) is 0.800. The van der Waals surface area contributed by atoms with Gasteiger partial charge in [-0.15, -0.1) is 0 Å². The van der Waals surface area contributed by atoms with E-state index in [9.17, 15) is 9.59 Å². The van der Waals surface area contributed by atoms with Crippen LogP contribution in [-0.4, -0.2) is 34.5 Å². The van der Waals surface area contributed by atoms with Crippen molar-refractivity contribution in [2.24, 2.45) is 0 Å². The molecule has 6 heteroatoms. The van der Waals surface area contributed by atoms with Crippen molar-refractivity contribution < 1.29 is 14.3 Å². The normalized spacial score (nSPS) is 14.2. The van der Waals surface area contributed by atoms with Crippen LogP contribution in [0.5, 0.6) is 0 Å². The van der Waals surface area contributed by atoms with Gasteiger partial charge in [-0.2, -0.15) is 25.3 Å². The second-order valence-electron chi connectivity index (χ2n) is 4.64. The fourth-order valence-corrected chi connectivity index (χ4v) is 1.18. The molecule has 0 heterocycles. The Bertz CT molecular complexity index is 279. The van der Waals surface area contributed by atoms with Crippen molar-refractivity contribution in [3.05, 3.63) is 0 Å². The molecule has 0 bridgehead atoms. The first kappa shape index (κ1) is 15.6. The Morgan fingerprint density at radius 2 is 1.62 bits per heavy atom. The van der Waals surface area contributed by atoms with E-state index in [0.29, 0.717) is 0 Å². The highest BCUT2D eigenvalue weighted by Crippen LogP contribution is 2.20. The molecule has 0 aliphatic rings. The van der Waals surface area contributed by atoms with E-state index >= 15 is 0 Å². The predicted octanol–water partition coefficient (Wildman–Crippen LogP) is 1.06. The number of esters is 1. The van der Waals surface area contributed by atoms with Gasteiger partial charge in [0.25, 0.3) is 0 Å². The van der Waals surface area contributed by atoms with Crippen molar-refractivity contribution in [3.63, 3.8) is 0 Å². The molecule has 0 aliphatic heterocycles. The molecule has 0 aromatic heterocycles. The zero-order valence-electron chi connectivity index (χ0n) is 10.2. The van der Waals surface area contributed by atoms with Gasteiger partial charge < -0.3 is 10.1 Å². The second-order valence-corrected chi connectivity index (χ2v) is 6.91. The molecule has 0 saturated carbocycles. The molecule has 1 amide bonds. The van der Waals surface area contributed by atoms with E-state index in [0.717, 1.165) is 0 Å². The summed E-state index contributed by atoms with van der Waals surface area (Å²) in [6.45, 7) is 6.74. The number of carbonyl (C=O) groups excluding carboxylic acids is 2. The summed E-state index contributed by atoms with van der Waals surface area (Å²) in [4.78, 5) is 23.2. The summed E-state index contributed by atoms with van der Waals surface area (Å²) in [5.41, 5.74) is 0. The van der Waals surface area contributed by atoms with Crippen LogP contribution in [0.3, 0.4) is 0 Å². The van der Waals surface area contributed by atoms with Crippen molar-refractivity contribution in [2.45, 2.75) is 43.2 Å². The molecule has 0 spiro atoms. The number of amides is 1.